The Morgan fingerprint density at radius 3 is 2.13 bits per heavy atom. The number of carbonyl (C=O) groups is 2. The summed E-state index contributed by atoms with van der Waals surface area (Å²) in [4.78, 5) is 19.9. The molecular weight excluding hydrogens is 198 g/mol. The molecule has 0 saturated heterocycles. The van der Waals surface area contributed by atoms with E-state index in [0.717, 1.165) is 0 Å². The fourth-order valence-electron chi connectivity index (χ4n) is 0.473. The standard InChI is InChI=1S/C5H11NO2.C5H10O2/c1-6-4-3-5(7)8-2;1-5(2,3)7-4-6/h6H,3-4H2,1-2H3;4H,1-3H3. The van der Waals surface area contributed by atoms with Crippen molar-refractivity contribution in [3.8, 4) is 0 Å². The van der Waals surface area contributed by atoms with Crippen molar-refractivity contribution in [2.75, 3.05) is 20.7 Å². The fourth-order valence-corrected chi connectivity index (χ4v) is 0.473. The molecule has 0 fully saturated rings. The molecule has 0 radical (unpaired) electrons. The van der Waals surface area contributed by atoms with E-state index in [-0.39, 0.29) is 11.6 Å². The Morgan fingerprint density at radius 1 is 1.40 bits per heavy atom. The van der Waals surface area contributed by atoms with Crippen LogP contribution in [0.4, 0.5) is 0 Å². The summed E-state index contributed by atoms with van der Waals surface area (Å²) in [5, 5.41) is 2.83. The van der Waals surface area contributed by atoms with Crippen LogP contribution in [0, 0.1) is 0 Å². The lowest BCUT2D eigenvalue weighted by molar-refractivity contribution is -0.140. The van der Waals surface area contributed by atoms with Gasteiger partial charge in [-0.3, -0.25) is 9.59 Å². The third-order valence-electron chi connectivity index (χ3n) is 1.21. The lowest BCUT2D eigenvalue weighted by Gasteiger charge is -2.14. The number of hydrogen-bond acceptors (Lipinski definition) is 5. The number of carbonyl (C=O) groups excluding carboxylic acids is 2. The van der Waals surface area contributed by atoms with E-state index in [4.69, 9.17) is 0 Å². The topological polar surface area (TPSA) is 64.6 Å². The van der Waals surface area contributed by atoms with Crippen LogP contribution in [0.2, 0.25) is 0 Å². The monoisotopic (exact) mass is 219 g/mol. The molecule has 90 valence electrons. The van der Waals surface area contributed by atoms with Crippen LogP contribution < -0.4 is 5.32 Å². The van der Waals surface area contributed by atoms with Gasteiger partial charge in [0.05, 0.1) is 13.5 Å². The molecule has 0 unspecified atom stereocenters. The molecule has 0 bridgehead atoms. The third kappa shape index (κ3) is 19.3. The summed E-state index contributed by atoms with van der Waals surface area (Å²) in [6, 6.07) is 0. The van der Waals surface area contributed by atoms with Gasteiger partial charge in [-0.05, 0) is 27.8 Å². The van der Waals surface area contributed by atoms with Crippen LogP contribution in [0.3, 0.4) is 0 Å². The Balaban J connectivity index is 0. The Labute approximate surface area is 91.1 Å². The summed E-state index contributed by atoms with van der Waals surface area (Å²) in [7, 11) is 3.18. The first-order valence-corrected chi connectivity index (χ1v) is 4.70. The molecule has 0 atom stereocenters. The molecule has 0 heterocycles. The van der Waals surface area contributed by atoms with E-state index >= 15 is 0 Å². The number of hydrogen-bond donors (Lipinski definition) is 1. The first-order valence-electron chi connectivity index (χ1n) is 4.70. The minimum atomic E-state index is -0.318. The molecule has 1 N–H and O–H groups in total. The fraction of sp³-hybridized carbons (Fsp3) is 0.800. The zero-order valence-corrected chi connectivity index (χ0v) is 10.1. The van der Waals surface area contributed by atoms with E-state index in [1.165, 1.54) is 7.11 Å². The van der Waals surface area contributed by atoms with Gasteiger partial charge in [0, 0.05) is 6.54 Å². The second-order valence-electron chi connectivity index (χ2n) is 3.76. The van der Waals surface area contributed by atoms with Crippen molar-refractivity contribution in [2.24, 2.45) is 0 Å². The highest BCUT2D eigenvalue weighted by molar-refractivity contribution is 5.69. The van der Waals surface area contributed by atoms with Gasteiger partial charge in [0.1, 0.15) is 5.60 Å². The van der Waals surface area contributed by atoms with Crippen molar-refractivity contribution < 1.29 is 19.1 Å². The summed E-state index contributed by atoms with van der Waals surface area (Å²) in [5.74, 6) is -0.167. The Bertz CT molecular complexity index is 175. The van der Waals surface area contributed by atoms with Crippen molar-refractivity contribution in [3.63, 3.8) is 0 Å². The smallest absolute Gasteiger partial charge is 0.306 e. The molecule has 0 aliphatic heterocycles. The van der Waals surface area contributed by atoms with Gasteiger partial charge >= 0.3 is 5.97 Å². The van der Waals surface area contributed by atoms with Crippen molar-refractivity contribution in [3.05, 3.63) is 0 Å². The first-order chi connectivity index (χ1) is 6.87. The van der Waals surface area contributed by atoms with Gasteiger partial charge in [0.25, 0.3) is 6.47 Å². The highest BCUT2D eigenvalue weighted by Crippen LogP contribution is 2.02. The SMILES string of the molecule is CC(C)(C)OC=O.CNCCC(=O)OC. The number of esters is 1. The largest absolute Gasteiger partial charge is 0.469 e. The maximum atomic E-state index is 10.3. The minimum Gasteiger partial charge on any atom is -0.469 e. The molecule has 0 saturated carbocycles. The second kappa shape index (κ2) is 9.45. The third-order valence-corrected chi connectivity index (χ3v) is 1.21. The Morgan fingerprint density at radius 2 is 1.93 bits per heavy atom. The van der Waals surface area contributed by atoms with E-state index in [1.807, 2.05) is 20.8 Å². The van der Waals surface area contributed by atoms with Gasteiger partial charge in [-0.2, -0.15) is 0 Å². The van der Waals surface area contributed by atoms with Gasteiger partial charge in [-0.15, -0.1) is 0 Å². The lowest BCUT2D eigenvalue weighted by atomic mass is 10.2. The Hall–Kier alpha value is -1.10. The molecule has 0 rings (SSSR count). The predicted molar refractivity (Wildman–Crippen MR) is 57.5 cm³/mol. The lowest BCUT2D eigenvalue weighted by Crippen LogP contribution is -2.17. The summed E-state index contributed by atoms with van der Waals surface area (Å²) in [6.45, 7) is 6.61. The molecule has 0 aliphatic rings. The second-order valence-corrected chi connectivity index (χ2v) is 3.76. The number of rotatable bonds is 4. The van der Waals surface area contributed by atoms with E-state index in [9.17, 15) is 9.59 Å². The maximum absolute atomic E-state index is 10.3. The summed E-state index contributed by atoms with van der Waals surface area (Å²) < 4.78 is 8.92. The van der Waals surface area contributed by atoms with Crippen LogP contribution in [0.15, 0.2) is 0 Å². The van der Waals surface area contributed by atoms with Crippen molar-refractivity contribution >= 4 is 12.4 Å². The van der Waals surface area contributed by atoms with Crippen LogP contribution in [-0.2, 0) is 19.1 Å². The van der Waals surface area contributed by atoms with E-state index in [1.54, 1.807) is 7.05 Å². The van der Waals surface area contributed by atoms with Gasteiger partial charge < -0.3 is 14.8 Å². The van der Waals surface area contributed by atoms with Crippen LogP contribution in [0.5, 0.6) is 0 Å². The average molecular weight is 219 g/mol. The van der Waals surface area contributed by atoms with E-state index in [0.29, 0.717) is 19.4 Å². The van der Waals surface area contributed by atoms with Crippen molar-refractivity contribution in [1.29, 1.82) is 0 Å². The summed E-state index contributed by atoms with van der Waals surface area (Å²) >= 11 is 0. The minimum absolute atomic E-state index is 0.167. The van der Waals surface area contributed by atoms with E-state index < -0.39 is 0 Å². The van der Waals surface area contributed by atoms with Gasteiger partial charge in [-0.25, -0.2) is 0 Å². The average Bonchev–Trinajstić information content (AvgIpc) is 2.13. The van der Waals surface area contributed by atoms with Gasteiger partial charge in [-0.1, -0.05) is 0 Å². The quantitative estimate of drug-likeness (QED) is 0.557. The van der Waals surface area contributed by atoms with Crippen molar-refractivity contribution in [1.82, 2.24) is 5.32 Å². The molecule has 0 aromatic heterocycles. The molecule has 0 spiro atoms. The summed E-state index contributed by atoms with van der Waals surface area (Å²) in [6.07, 6.45) is 0.451. The maximum Gasteiger partial charge on any atom is 0.306 e. The molecule has 5 heteroatoms. The molecule has 15 heavy (non-hydrogen) atoms. The zero-order valence-electron chi connectivity index (χ0n) is 10.1. The van der Waals surface area contributed by atoms with E-state index in [2.05, 4.69) is 14.8 Å². The first kappa shape index (κ1) is 16.3. The molecule has 0 aliphatic carbocycles. The number of ether oxygens (including phenoxy) is 2. The molecule has 0 amide bonds. The van der Waals surface area contributed by atoms with Gasteiger partial charge in [0.2, 0.25) is 0 Å². The Kier molecular flexibility index (Phi) is 10.3. The summed E-state index contributed by atoms with van der Waals surface area (Å²) in [5.41, 5.74) is -0.318. The van der Waals surface area contributed by atoms with Crippen LogP contribution in [0.1, 0.15) is 27.2 Å². The highest BCUT2D eigenvalue weighted by Gasteiger charge is 2.07. The number of methoxy groups -OCH3 is 1. The van der Waals surface area contributed by atoms with Crippen LogP contribution >= 0.6 is 0 Å². The molecule has 5 nitrogen and oxygen atoms in total. The van der Waals surface area contributed by atoms with Crippen LogP contribution in [-0.4, -0.2) is 38.7 Å². The molecule has 0 aromatic carbocycles. The number of nitrogens with one attached hydrogen (secondary N) is 1. The molecular formula is C10H21NO4. The van der Waals surface area contributed by atoms with Crippen LogP contribution in [0.25, 0.3) is 0 Å². The predicted octanol–water partition coefficient (Wildman–Crippen LogP) is 0.727. The highest BCUT2D eigenvalue weighted by atomic mass is 16.5. The molecule has 0 aromatic rings. The van der Waals surface area contributed by atoms with Crippen molar-refractivity contribution in [2.45, 2.75) is 32.8 Å². The van der Waals surface area contributed by atoms with Gasteiger partial charge in [0.15, 0.2) is 0 Å². The zero-order chi connectivity index (χ0) is 12.3. The normalized spacial score (nSPS) is 9.67.